The summed E-state index contributed by atoms with van der Waals surface area (Å²) in [5.41, 5.74) is 1.12. The van der Waals surface area contributed by atoms with Crippen LogP contribution in [0, 0.1) is 5.92 Å². The minimum atomic E-state index is -0.901. The highest BCUT2D eigenvalue weighted by atomic mass is 35.5. The van der Waals surface area contributed by atoms with Gasteiger partial charge in [-0.05, 0) is 12.5 Å². The monoisotopic (exact) mass is 238 g/mol. The van der Waals surface area contributed by atoms with Crippen LogP contribution < -0.4 is 0 Å². The molecule has 1 N–H and O–H groups in total. The summed E-state index contributed by atoms with van der Waals surface area (Å²) in [4.78, 5) is 10.7. The van der Waals surface area contributed by atoms with E-state index < -0.39 is 11.9 Å². The van der Waals surface area contributed by atoms with Crippen molar-refractivity contribution in [1.82, 2.24) is 0 Å². The predicted octanol–water partition coefficient (Wildman–Crippen LogP) is 3.63. The molecule has 2 nitrogen and oxygen atoms in total. The van der Waals surface area contributed by atoms with Crippen LogP contribution in [0.25, 0.3) is 0 Å². The number of carbonyl (C=O) groups is 1. The van der Waals surface area contributed by atoms with Crippen molar-refractivity contribution in [2.24, 2.45) is 5.92 Å². The van der Waals surface area contributed by atoms with Gasteiger partial charge >= 0.3 is 5.97 Å². The Morgan fingerprint density at radius 3 is 2.38 bits per heavy atom. The van der Waals surface area contributed by atoms with Crippen LogP contribution in [-0.4, -0.2) is 11.1 Å². The van der Waals surface area contributed by atoms with Crippen LogP contribution >= 0.6 is 11.6 Å². The molecule has 3 heteroatoms. The Balaban J connectivity index is 2.80. The third-order valence-electron chi connectivity index (χ3n) is 2.52. The van der Waals surface area contributed by atoms with Crippen molar-refractivity contribution >= 4 is 17.6 Å². The zero-order valence-corrected chi connectivity index (χ0v) is 10.1. The lowest BCUT2D eigenvalue weighted by atomic mass is 9.99. The smallest absolute Gasteiger partial charge is 0.311 e. The van der Waals surface area contributed by atoms with Crippen molar-refractivity contribution in [2.45, 2.75) is 19.8 Å². The van der Waals surface area contributed by atoms with E-state index in [0.717, 1.165) is 5.56 Å². The van der Waals surface area contributed by atoms with Gasteiger partial charge in [0.1, 0.15) is 0 Å². The molecule has 0 saturated heterocycles. The molecule has 0 saturated carbocycles. The highest BCUT2D eigenvalue weighted by Crippen LogP contribution is 2.23. The van der Waals surface area contributed by atoms with Gasteiger partial charge in [-0.3, -0.25) is 4.79 Å². The molecule has 0 bridgehead atoms. The van der Waals surface area contributed by atoms with Crippen molar-refractivity contribution in [1.29, 1.82) is 0 Å². The van der Waals surface area contributed by atoms with Crippen LogP contribution in [0.4, 0.5) is 0 Å². The van der Waals surface area contributed by atoms with Gasteiger partial charge in [0.15, 0.2) is 0 Å². The number of carboxylic acids is 1. The summed E-state index contributed by atoms with van der Waals surface area (Å²) < 4.78 is 0. The molecule has 1 rings (SSSR count). The van der Waals surface area contributed by atoms with Gasteiger partial charge in [0.05, 0.1) is 5.92 Å². The minimum absolute atomic E-state index is 0.121. The summed E-state index contributed by atoms with van der Waals surface area (Å²) >= 11 is 5.95. The Morgan fingerprint density at radius 1 is 1.31 bits per heavy atom. The number of hydrogen-bond donors (Lipinski definition) is 1. The normalized spacial score (nSPS) is 15.6. The molecule has 86 valence electrons. The van der Waals surface area contributed by atoms with Gasteiger partial charge in [0.2, 0.25) is 0 Å². The van der Waals surface area contributed by atoms with Gasteiger partial charge in [0.25, 0.3) is 0 Å². The Bertz CT molecular complexity index is 384. The summed E-state index contributed by atoms with van der Waals surface area (Å²) in [6, 6.07) is 9.84. The largest absolute Gasteiger partial charge is 0.481 e. The lowest BCUT2D eigenvalue weighted by Crippen LogP contribution is -2.10. The van der Waals surface area contributed by atoms with E-state index in [-0.39, 0.29) is 5.92 Å². The van der Waals surface area contributed by atoms with Gasteiger partial charge in [-0.2, -0.15) is 0 Å². The SMILES string of the molecule is CC(C(=O)O)C(Cl)=CC(C)c1ccccc1. The van der Waals surface area contributed by atoms with Gasteiger partial charge in [0, 0.05) is 11.0 Å². The summed E-state index contributed by atoms with van der Waals surface area (Å²) in [5, 5.41) is 9.19. The summed E-state index contributed by atoms with van der Waals surface area (Å²) in [6.07, 6.45) is 1.79. The zero-order valence-electron chi connectivity index (χ0n) is 9.35. The Kier molecular flexibility index (Phi) is 4.56. The molecule has 0 aliphatic carbocycles. The molecule has 0 spiro atoms. The van der Waals surface area contributed by atoms with E-state index in [1.807, 2.05) is 37.3 Å². The van der Waals surface area contributed by atoms with Crippen LogP contribution in [0.2, 0.25) is 0 Å². The maximum Gasteiger partial charge on any atom is 0.311 e. The van der Waals surface area contributed by atoms with E-state index in [1.165, 1.54) is 0 Å². The lowest BCUT2D eigenvalue weighted by Gasteiger charge is -2.10. The fraction of sp³-hybridized carbons (Fsp3) is 0.308. The average Bonchev–Trinajstić information content (AvgIpc) is 2.28. The van der Waals surface area contributed by atoms with E-state index in [1.54, 1.807) is 13.0 Å². The lowest BCUT2D eigenvalue weighted by molar-refractivity contribution is -0.139. The minimum Gasteiger partial charge on any atom is -0.481 e. The van der Waals surface area contributed by atoms with Crippen LogP contribution in [0.3, 0.4) is 0 Å². The van der Waals surface area contributed by atoms with Crippen molar-refractivity contribution in [3.8, 4) is 0 Å². The molecule has 2 unspecified atom stereocenters. The van der Waals surface area contributed by atoms with E-state index in [0.29, 0.717) is 5.03 Å². The van der Waals surface area contributed by atoms with Gasteiger partial charge in [-0.15, -0.1) is 0 Å². The van der Waals surface area contributed by atoms with Crippen molar-refractivity contribution in [3.05, 3.63) is 47.0 Å². The quantitative estimate of drug-likeness (QED) is 0.870. The molecule has 0 amide bonds. The Morgan fingerprint density at radius 2 is 1.88 bits per heavy atom. The molecule has 0 aromatic heterocycles. The topological polar surface area (TPSA) is 37.3 Å². The molecule has 0 aliphatic heterocycles. The first-order valence-corrected chi connectivity index (χ1v) is 5.55. The highest BCUT2D eigenvalue weighted by molar-refractivity contribution is 6.31. The third-order valence-corrected chi connectivity index (χ3v) is 2.97. The average molecular weight is 239 g/mol. The second kappa shape index (κ2) is 5.71. The number of halogens is 1. The zero-order chi connectivity index (χ0) is 12.1. The summed E-state index contributed by atoms with van der Waals surface area (Å²) in [6.45, 7) is 3.57. The van der Waals surface area contributed by atoms with Crippen molar-refractivity contribution < 1.29 is 9.90 Å². The van der Waals surface area contributed by atoms with Crippen molar-refractivity contribution in [2.75, 3.05) is 0 Å². The van der Waals surface area contributed by atoms with E-state index in [2.05, 4.69) is 0 Å². The van der Waals surface area contributed by atoms with Crippen molar-refractivity contribution in [3.63, 3.8) is 0 Å². The molecule has 1 aromatic carbocycles. The Hall–Kier alpha value is -1.28. The first-order chi connectivity index (χ1) is 7.52. The predicted molar refractivity (Wildman–Crippen MR) is 65.6 cm³/mol. The summed E-state index contributed by atoms with van der Waals surface area (Å²) in [5.74, 6) is -1.43. The standard InChI is InChI=1S/C13H15ClO2/c1-9(11-6-4-3-5-7-11)8-12(14)10(2)13(15)16/h3-10H,1-2H3,(H,15,16). The number of benzene rings is 1. The van der Waals surface area contributed by atoms with E-state index in [4.69, 9.17) is 16.7 Å². The van der Waals surface area contributed by atoms with Crippen LogP contribution in [0.5, 0.6) is 0 Å². The maximum atomic E-state index is 10.7. The number of carboxylic acid groups (broad SMARTS) is 1. The molecule has 16 heavy (non-hydrogen) atoms. The first kappa shape index (κ1) is 12.8. The Labute approximate surface area is 101 Å². The number of rotatable bonds is 4. The molecule has 1 aromatic rings. The second-order valence-corrected chi connectivity index (χ2v) is 4.25. The molecule has 0 aliphatic rings. The molecule has 0 fully saturated rings. The number of allylic oxidation sites excluding steroid dienone is 1. The van der Waals surface area contributed by atoms with Crippen LogP contribution in [0.15, 0.2) is 41.4 Å². The molecule has 0 radical (unpaired) electrons. The molecule has 2 atom stereocenters. The number of hydrogen-bond acceptors (Lipinski definition) is 1. The van der Waals surface area contributed by atoms with E-state index >= 15 is 0 Å². The maximum absolute atomic E-state index is 10.7. The molecular formula is C13H15ClO2. The van der Waals surface area contributed by atoms with Crippen LogP contribution in [0.1, 0.15) is 25.3 Å². The second-order valence-electron chi connectivity index (χ2n) is 3.81. The fourth-order valence-electron chi connectivity index (χ4n) is 1.35. The number of aliphatic carboxylic acids is 1. The van der Waals surface area contributed by atoms with Gasteiger partial charge in [-0.25, -0.2) is 0 Å². The van der Waals surface area contributed by atoms with Crippen LogP contribution in [-0.2, 0) is 4.79 Å². The van der Waals surface area contributed by atoms with E-state index in [9.17, 15) is 4.79 Å². The third kappa shape index (κ3) is 3.38. The van der Waals surface area contributed by atoms with Gasteiger partial charge < -0.3 is 5.11 Å². The highest BCUT2D eigenvalue weighted by Gasteiger charge is 2.15. The molecule has 0 heterocycles. The first-order valence-electron chi connectivity index (χ1n) is 5.17. The fourth-order valence-corrected chi connectivity index (χ4v) is 1.64. The molecular weight excluding hydrogens is 224 g/mol. The van der Waals surface area contributed by atoms with Gasteiger partial charge in [-0.1, -0.05) is 54.9 Å². The summed E-state index contributed by atoms with van der Waals surface area (Å²) in [7, 11) is 0.